The van der Waals surface area contributed by atoms with Crippen LogP contribution in [0.5, 0.6) is 5.75 Å². The van der Waals surface area contributed by atoms with Crippen molar-refractivity contribution in [2.75, 3.05) is 24.7 Å². The molecular formula is C15H25NO3S. The summed E-state index contributed by atoms with van der Waals surface area (Å²) in [5.41, 5.74) is 0.917. The first-order valence-corrected chi connectivity index (χ1v) is 9.01. The van der Waals surface area contributed by atoms with Crippen molar-refractivity contribution in [3.63, 3.8) is 0 Å². The molecule has 20 heavy (non-hydrogen) atoms. The maximum absolute atomic E-state index is 11.9. The van der Waals surface area contributed by atoms with Gasteiger partial charge in [0.2, 0.25) is 0 Å². The van der Waals surface area contributed by atoms with Crippen LogP contribution in [-0.4, -0.2) is 33.1 Å². The van der Waals surface area contributed by atoms with Crippen LogP contribution in [0.4, 0.5) is 0 Å². The summed E-state index contributed by atoms with van der Waals surface area (Å²) < 4.78 is 29.5. The normalized spacial score (nSPS) is 13.2. The second-order valence-corrected chi connectivity index (χ2v) is 7.07. The molecular weight excluding hydrogens is 274 g/mol. The van der Waals surface area contributed by atoms with Crippen molar-refractivity contribution in [2.24, 2.45) is 0 Å². The maximum atomic E-state index is 11.9. The highest BCUT2D eigenvalue weighted by atomic mass is 32.2. The summed E-state index contributed by atoms with van der Waals surface area (Å²) in [5, 5.41) is 3.32. The predicted molar refractivity (Wildman–Crippen MR) is 83.0 cm³/mol. The molecule has 1 rings (SSSR count). The fraction of sp³-hybridized carbons (Fsp3) is 0.600. The standard InChI is InChI=1S/C15H25NO3S/c1-4-11-16-14(12-20(17,18)6-3)13-9-7-8-10-15(13)19-5-2/h7-10,14,16H,4-6,11-12H2,1-3H3. The van der Waals surface area contributed by atoms with Crippen molar-refractivity contribution in [3.8, 4) is 5.75 Å². The molecule has 4 nitrogen and oxygen atoms in total. The Labute approximate surface area is 122 Å². The van der Waals surface area contributed by atoms with Crippen LogP contribution in [0.3, 0.4) is 0 Å². The first kappa shape index (κ1) is 17.0. The molecule has 0 aliphatic rings. The highest BCUT2D eigenvalue weighted by Gasteiger charge is 2.21. The van der Waals surface area contributed by atoms with Crippen molar-refractivity contribution in [1.29, 1.82) is 0 Å². The first-order valence-electron chi connectivity index (χ1n) is 7.19. The van der Waals surface area contributed by atoms with Crippen LogP contribution in [0.25, 0.3) is 0 Å². The van der Waals surface area contributed by atoms with Crippen LogP contribution >= 0.6 is 0 Å². The number of hydrogen-bond acceptors (Lipinski definition) is 4. The summed E-state index contributed by atoms with van der Waals surface area (Å²) in [4.78, 5) is 0. The number of hydrogen-bond donors (Lipinski definition) is 1. The van der Waals surface area contributed by atoms with Gasteiger partial charge in [0.05, 0.1) is 12.4 Å². The van der Waals surface area contributed by atoms with Crippen molar-refractivity contribution < 1.29 is 13.2 Å². The van der Waals surface area contributed by atoms with Crippen molar-refractivity contribution in [1.82, 2.24) is 5.32 Å². The van der Waals surface area contributed by atoms with E-state index in [1.165, 1.54) is 0 Å². The molecule has 1 aromatic carbocycles. The van der Waals surface area contributed by atoms with Gasteiger partial charge in [-0.05, 0) is 26.0 Å². The Balaban J connectivity index is 3.03. The number of ether oxygens (including phenoxy) is 1. The van der Waals surface area contributed by atoms with Gasteiger partial charge in [-0.2, -0.15) is 0 Å². The van der Waals surface area contributed by atoms with E-state index in [1.54, 1.807) is 6.92 Å². The first-order chi connectivity index (χ1) is 9.54. The lowest BCUT2D eigenvalue weighted by molar-refractivity contribution is 0.332. The molecule has 0 bridgehead atoms. The Hall–Kier alpha value is -1.07. The Morgan fingerprint density at radius 3 is 2.50 bits per heavy atom. The average Bonchev–Trinajstić information content (AvgIpc) is 2.44. The minimum Gasteiger partial charge on any atom is -0.494 e. The predicted octanol–water partition coefficient (Wildman–Crippen LogP) is 2.56. The Morgan fingerprint density at radius 1 is 1.20 bits per heavy atom. The fourth-order valence-corrected chi connectivity index (χ4v) is 3.05. The van der Waals surface area contributed by atoms with E-state index in [9.17, 15) is 8.42 Å². The van der Waals surface area contributed by atoms with E-state index >= 15 is 0 Å². The molecule has 1 N–H and O–H groups in total. The van der Waals surface area contributed by atoms with Crippen molar-refractivity contribution >= 4 is 9.84 Å². The van der Waals surface area contributed by atoms with Crippen LogP contribution in [0, 0.1) is 0 Å². The molecule has 0 spiro atoms. The van der Waals surface area contributed by atoms with Gasteiger partial charge in [-0.25, -0.2) is 8.42 Å². The van der Waals surface area contributed by atoms with Crippen LogP contribution in [0.15, 0.2) is 24.3 Å². The van der Waals surface area contributed by atoms with Crippen LogP contribution in [-0.2, 0) is 9.84 Å². The molecule has 1 atom stereocenters. The highest BCUT2D eigenvalue weighted by molar-refractivity contribution is 7.91. The second-order valence-electron chi connectivity index (χ2n) is 4.68. The number of nitrogens with one attached hydrogen (secondary N) is 1. The summed E-state index contributed by atoms with van der Waals surface area (Å²) in [6.45, 7) is 7.02. The molecule has 0 saturated heterocycles. The molecule has 114 valence electrons. The summed E-state index contributed by atoms with van der Waals surface area (Å²) in [6, 6.07) is 7.42. The zero-order valence-corrected chi connectivity index (χ0v) is 13.4. The van der Waals surface area contributed by atoms with Gasteiger partial charge < -0.3 is 10.1 Å². The molecule has 5 heteroatoms. The zero-order chi connectivity index (χ0) is 15.0. The van der Waals surface area contributed by atoms with E-state index in [4.69, 9.17) is 4.74 Å². The smallest absolute Gasteiger partial charge is 0.151 e. The number of benzene rings is 1. The fourth-order valence-electron chi connectivity index (χ4n) is 2.00. The molecule has 1 unspecified atom stereocenters. The molecule has 1 aromatic rings. The van der Waals surface area contributed by atoms with Gasteiger partial charge in [0.25, 0.3) is 0 Å². The largest absolute Gasteiger partial charge is 0.494 e. The molecule has 0 aliphatic carbocycles. The van der Waals surface area contributed by atoms with Crippen LogP contribution < -0.4 is 10.1 Å². The van der Waals surface area contributed by atoms with E-state index in [-0.39, 0.29) is 17.5 Å². The number of para-hydroxylation sites is 1. The molecule has 0 fully saturated rings. The number of rotatable bonds is 9. The summed E-state index contributed by atoms with van der Waals surface area (Å²) in [6.07, 6.45) is 0.958. The molecule has 0 heterocycles. The summed E-state index contributed by atoms with van der Waals surface area (Å²) >= 11 is 0. The SMILES string of the molecule is CCCNC(CS(=O)(=O)CC)c1ccccc1OCC. The maximum Gasteiger partial charge on any atom is 0.151 e. The van der Waals surface area contributed by atoms with Gasteiger partial charge in [-0.15, -0.1) is 0 Å². The molecule has 0 aromatic heterocycles. The van der Waals surface area contributed by atoms with E-state index < -0.39 is 9.84 Å². The Bertz CT molecular complexity index is 500. The topological polar surface area (TPSA) is 55.4 Å². The minimum atomic E-state index is -3.05. The van der Waals surface area contributed by atoms with Gasteiger partial charge in [0.1, 0.15) is 5.75 Å². The molecule has 0 radical (unpaired) electrons. The summed E-state index contributed by atoms with van der Waals surface area (Å²) in [5.74, 6) is 1.02. The minimum absolute atomic E-state index is 0.105. The van der Waals surface area contributed by atoms with Crippen molar-refractivity contribution in [3.05, 3.63) is 29.8 Å². The van der Waals surface area contributed by atoms with E-state index in [0.29, 0.717) is 6.61 Å². The third-order valence-corrected chi connectivity index (χ3v) is 4.82. The molecule has 0 saturated carbocycles. The lowest BCUT2D eigenvalue weighted by Crippen LogP contribution is -2.30. The van der Waals surface area contributed by atoms with Gasteiger partial charge >= 0.3 is 0 Å². The van der Waals surface area contributed by atoms with Gasteiger partial charge in [0.15, 0.2) is 9.84 Å². The Kier molecular flexibility index (Phi) is 7.02. The second kappa shape index (κ2) is 8.27. The monoisotopic (exact) mass is 299 g/mol. The lowest BCUT2D eigenvalue weighted by atomic mass is 10.1. The van der Waals surface area contributed by atoms with Crippen LogP contribution in [0.2, 0.25) is 0 Å². The molecule has 0 aliphatic heterocycles. The van der Waals surface area contributed by atoms with Gasteiger partial charge in [-0.3, -0.25) is 0 Å². The Morgan fingerprint density at radius 2 is 1.90 bits per heavy atom. The zero-order valence-electron chi connectivity index (χ0n) is 12.6. The van der Waals surface area contributed by atoms with Crippen molar-refractivity contribution in [2.45, 2.75) is 33.2 Å². The van der Waals surface area contributed by atoms with E-state index in [2.05, 4.69) is 12.2 Å². The third kappa shape index (κ3) is 5.13. The van der Waals surface area contributed by atoms with E-state index in [0.717, 1.165) is 24.3 Å². The van der Waals surface area contributed by atoms with Gasteiger partial charge in [0, 0.05) is 17.4 Å². The number of sulfone groups is 1. The van der Waals surface area contributed by atoms with Crippen LogP contribution in [0.1, 0.15) is 38.8 Å². The average molecular weight is 299 g/mol. The third-order valence-electron chi connectivity index (χ3n) is 3.10. The highest BCUT2D eigenvalue weighted by Crippen LogP contribution is 2.26. The lowest BCUT2D eigenvalue weighted by Gasteiger charge is -2.21. The van der Waals surface area contributed by atoms with E-state index in [1.807, 2.05) is 31.2 Å². The van der Waals surface area contributed by atoms with Gasteiger partial charge in [-0.1, -0.05) is 32.0 Å². The molecule has 0 amide bonds. The quantitative estimate of drug-likeness (QED) is 0.761. The summed E-state index contributed by atoms with van der Waals surface area (Å²) in [7, 11) is -3.05.